The first-order valence-electron chi connectivity index (χ1n) is 10.5. The van der Waals surface area contributed by atoms with E-state index in [1.54, 1.807) is 32.6 Å². The van der Waals surface area contributed by atoms with E-state index in [0.717, 1.165) is 16.2 Å². The molecule has 0 N–H and O–H groups in total. The highest BCUT2D eigenvalue weighted by Crippen LogP contribution is 2.39. The van der Waals surface area contributed by atoms with Crippen molar-refractivity contribution >= 4 is 28.9 Å². The van der Waals surface area contributed by atoms with E-state index in [1.165, 1.54) is 9.91 Å². The molecule has 2 heterocycles. The van der Waals surface area contributed by atoms with Crippen molar-refractivity contribution < 1.29 is 19.1 Å². The largest absolute Gasteiger partial charge is 0.497 e. The van der Waals surface area contributed by atoms with E-state index in [-0.39, 0.29) is 29.8 Å². The van der Waals surface area contributed by atoms with Crippen LogP contribution in [-0.4, -0.2) is 55.2 Å². The van der Waals surface area contributed by atoms with Gasteiger partial charge in [-0.15, -0.1) is 11.3 Å². The number of hydrazone groups is 1. The molecule has 0 fully saturated rings. The van der Waals surface area contributed by atoms with E-state index in [4.69, 9.17) is 9.47 Å². The minimum Gasteiger partial charge on any atom is -0.497 e. The van der Waals surface area contributed by atoms with Gasteiger partial charge in [-0.05, 0) is 35.1 Å². The Morgan fingerprint density at radius 1 is 1.22 bits per heavy atom. The standard InChI is InChI=1S/C24H31N3O4S/c1-24(2,3)14-22(28)26(4)15-23(29)27-19(13-18(25-27)21-8-7-11-32-21)17-12-16(30-5)9-10-20(17)31-6/h7-12,19H,13-15H2,1-6H3. The van der Waals surface area contributed by atoms with Gasteiger partial charge >= 0.3 is 0 Å². The number of carbonyl (C=O) groups excluding carboxylic acids is 2. The highest BCUT2D eigenvalue weighted by molar-refractivity contribution is 7.12. The van der Waals surface area contributed by atoms with Crippen molar-refractivity contribution in [2.75, 3.05) is 27.8 Å². The fourth-order valence-corrected chi connectivity index (χ4v) is 4.35. The summed E-state index contributed by atoms with van der Waals surface area (Å²) in [5.41, 5.74) is 1.51. The highest BCUT2D eigenvalue weighted by Gasteiger charge is 2.36. The summed E-state index contributed by atoms with van der Waals surface area (Å²) in [6.45, 7) is 5.97. The fraction of sp³-hybridized carbons (Fsp3) is 0.458. The minimum atomic E-state index is -0.351. The van der Waals surface area contributed by atoms with Crippen LogP contribution in [0.4, 0.5) is 0 Å². The van der Waals surface area contributed by atoms with E-state index in [0.29, 0.717) is 24.3 Å². The molecule has 0 saturated heterocycles. The first-order valence-corrected chi connectivity index (χ1v) is 11.4. The summed E-state index contributed by atoms with van der Waals surface area (Å²) in [6, 6.07) is 9.15. The number of methoxy groups -OCH3 is 2. The van der Waals surface area contributed by atoms with Crippen LogP contribution in [0.25, 0.3) is 0 Å². The van der Waals surface area contributed by atoms with E-state index in [9.17, 15) is 9.59 Å². The average Bonchev–Trinajstić information content (AvgIpc) is 3.41. The van der Waals surface area contributed by atoms with Crippen molar-refractivity contribution in [3.05, 3.63) is 46.2 Å². The van der Waals surface area contributed by atoms with Crippen LogP contribution in [0.5, 0.6) is 11.5 Å². The van der Waals surface area contributed by atoms with Crippen LogP contribution in [-0.2, 0) is 9.59 Å². The third-order valence-corrected chi connectivity index (χ3v) is 6.17. The van der Waals surface area contributed by atoms with Crippen LogP contribution in [0, 0.1) is 5.41 Å². The molecule has 1 atom stereocenters. The molecule has 2 aromatic rings. The summed E-state index contributed by atoms with van der Waals surface area (Å²) < 4.78 is 11.0. The molecule has 0 radical (unpaired) electrons. The quantitative estimate of drug-likeness (QED) is 0.620. The number of carbonyl (C=O) groups is 2. The second kappa shape index (κ2) is 9.73. The maximum atomic E-state index is 13.3. The van der Waals surface area contributed by atoms with E-state index in [2.05, 4.69) is 5.10 Å². The van der Waals surface area contributed by atoms with Gasteiger partial charge < -0.3 is 14.4 Å². The summed E-state index contributed by atoms with van der Waals surface area (Å²) in [4.78, 5) is 28.4. The van der Waals surface area contributed by atoms with Gasteiger partial charge in [0.05, 0.1) is 30.9 Å². The predicted octanol–water partition coefficient (Wildman–Crippen LogP) is 4.34. The molecule has 8 heteroatoms. The minimum absolute atomic E-state index is 0.0427. The maximum Gasteiger partial charge on any atom is 0.262 e. The zero-order valence-corrected chi connectivity index (χ0v) is 20.4. The van der Waals surface area contributed by atoms with Crippen LogP contribution in [0.15, 0.2) is 40.8 Å². The van der Waals surface area contributed by atoms with Gasteiger partial charge in [-0.3, -0.25) is 9.59 Å². The second-order valence-electron chi connectivity index (χ2n) is 9.08. The second-order valence-corrected chi connectivity index (χ2v) is 10.0. The zero-order chi connectivity index (χ0) is 23.5. The molecule has 32 heavy (non-hydrogen) atoms. The van der Waals surface area contributed by atoms with Crippen molar-refractivity contribution in [2.24, 2.45) is 10.5 Å². The van der Waals surface area contributed by atoms with Gasteiger partial charge in [-0.25, -0.2) is 5.01 Å². The Balaban J connectivity index is 1.90. The molecule has 0 aliphatic carbocycles. The molecular weight excluding hydrogens is 426 g/mol. The summed E-state index contributed by atoms with van der Waals surface area (Å²) in [5, 5.41) is 8.16. The first kappa shape index (κ1) is 23.8. The van der Waals surface area contributed by atoms with Gasteiger partial charge in [0.25, 0.3) is 5.91 Å². The van der Waals surface area contributed by atoms with Crippen LogP contribution >= 0.6 is 11.3 Å². The van der Waals surface area contributed by atoms with Crippen LogP contribution in [0.1, 0.15) is 50.1 Å². The lowest BCUT2D eigenvalue weighted by Gasteiger charge is -2.27. The number of thiophene rings is 1. The topological polar surface area (TPSA) is 71.4 Å². The molecule has 172 valence electrons. The number of rotatable bonds is 7. The predicted molar refractivity (Wildman–Crippen MR) is 126 cm³/mol. The van der Waals surface area contributed by atoms with Crippen molar-refractivity contribution in [1.82, 2.24) is 9.91 Å². The molecule has 0 bridgehead atoms. The number of amides is 2. The van der Waals surface area contributed by atoms with Crippen molar-refractivity contribution in [3.8, 4) is 11.5 Å². The van der Waals surface area contributed by atoms with Gasteiger partial charge in [0.2, 0.25) is 5.91 Å². The Hall–Kier alpha value is -2.87. The van der Waals surface area contributed by atoms with Gasteiger partial charge in [0.15, 0.2) is 0 Å². The Morgan fingerprint density at radius 2 is 1.97 bits per heavy atom. The molecule has 3 rings (SSSR count). The Kier molecular flexibility index (Phi) is 7.23. The lowest BCUT2D eigenvalue weighted by Crippen LogP contribution is -2.40. The zero-order valence-electron chi connectivity index (χ0n) is 19.5. The molecule has 0 spiro atoms. The summed E-state index contributed by atoms with van der Waals surface area (Å²) >= 11 is 1.58. The summed E-state index contributed by atoms with van der Waals surface area (Å²) in [7, 11) is 4.87. The van der Waals surface area contributed by atoms with Crippen molar-refractivity contribution in [1.29, 1.82) is 0 Å². The highest BCUT2D eigenvalue weighted by atomic mass is 32.1. The smallest absolute Gasteiger partial charge is 0.262 e. The molecule has 1 aromatic heterocycles. The van der Waals surface area contributed by atoms with E-state index < -0.39 is 0 Å². The molecular formula is C24H31N3O4S. The fourth-order valence-electron chi connectivity index (χ4n) is 3.63. The van der Waals surface area contributed by atoms with E-state index >= 15 is 0 Å². The first-order chi connectivity index (χ1) is 15.1. The molecule has 7 nitrogen and oxygen atoms in total. The molecule has 1 aliphatic heterocycles. The Morgan fingerprint density at radius 3 is 2.56 bits per heavy atom. The average molecular weight is 458 g/mol. The summed E-state index contributed by atoms with van der Waals surface area (Å²) in [6.07, 6.45) is 0.920. The van der Waals surface area contributed by atoms with Gasteiger partial charge in [0.1, 0.15) is 18.0 Å². The third-order valence-electron chi connectivity index (χ3n) is 5.25. The lowest BCUT2D eigenvalue weighted by molar-refractivity contribution is -0.141. The van der Waals surface area contributed by atoms with E-state index in [1.807, 2.05) is 56.5 Å². The number of benzene rings is 1. The van der Waals surface area contributed by atoms with Crippen molar-refractivity contribution in [3.63, 3.8) is 0 Å². The van der Waals surface area contributed by atoms with Crippen LogP contribution in [0.3, 0.4) is 0 Å². The number of ether oxygens (including phenoxy) is 2. The van der Waals surface area contributed by atoms with Crippen LogP contribution in [0.2, 0.25) is 0 Å². The lowest BCUT2D eigenvalue weighted by atomic mass is 9.92. The molecule has 1 unspecified atom stereocenters. The number of nitrogens with zero attached hydrogens (tertiary/aromatic N) is 3. The summed E-state index contributed by atoms with van der Waals surface area (Å²) in [5.74, 6) is 1.03. The Bertz CT molecular complexity index is 995. The van der Waals surface area contributed by atoms with Gasteiger partial charge in [-0.1, -0.05) is 26.8 Å². The number of hydrogen-bond donors (Lipinski definition) is 0. The third kappa shape index (κ3) is 5.48. The Labute approximate surface area is 193 Å². The monoisotopic (exact) mass is 457 g/mol. The SMILES string of the molecule is COc1ccc(OC)c(C2CC(c3cccs3)=NN2C(=O)CN(C)C(=O)CC(C)(C)C)c1. The number of likely N-dealkylation sites (N-methyl/N-ethyl adjacent to an activating group) is 1. The van der Waals surface area contributed by atoms with Gasteiger partial charge in [-0.2, -0.15) is 5.10 Å². The molecule has 2 amide bonds. The van der Waals surface area contributed by atoms with Crippen LogP contribution < -0.4 is 9.47 Å². The molecule has 0 saturated carbocycles. The molecule has 1 aromatic carbocycles. The number of hydrogen-bond acceptors (Lipinski definition) is 6. The molecule has 1 aliphatic rings. The maximum absolute atomic E-state index is 13.3. The normalized spacial score (nSPS) is 16.0. The van der Waals surface area contributed by atoms with Crippen molar-refractivity contribution in [2.45, 2.75) is 39.7 Å². The van der Waals surface area contributed by atoms with Gasteiger partial charge in [0, 0.05) is 25.5 Å².